The van der Waals surface area contributed by atoms with Gasteiger partial charge in [0.1, 0.15) is 34.5 Å². The molecule has 0 radical (unpaired) electrons. The van der Waals surface area contributed by atoms with Crippen molar-refractivity contribution in [3.05, 3.63) is 178 Å². The molecule has 0 amide bonds. The third kappa shape index (κ3) is 9.10. The molecule has 0 atom stereocenters. The number of rotatable bonds is 8. The number of phenols is 6. The highest BCUT2D eigenvalue weighted by molar-refractivity contribution is 5.59. The number of aromatic hydroxyl groups is 6. The molecule has 0 aliphatic rings. The van der Waals surface area contributed by atoms with Gasteiger partial charge in [-0.05, 0) is 22.3 Å². The van der Waals surface area contributed by atoms with Gasteiger partial charge in [0.25, 0.3) is 0 Å². The number of phenolic OH excluding ortho intramolecular Hbond substituents is 6. The van der Waals surface area contributed by atoms with Crippen LogP contribution in [0.4, 0.5) is 0 Å². The standard InChI is InChI=1S/2C20H18O3.C2H6/c2*21-18-13-19(22)17(12-15-9-5-2-6-10-15)20(23)16(18)11-14-7-3-1-4-8-14;1-2/h2*1-10,13,21-23H,11-12H2;1-2H3. The van der Waals surface area contributed by atoms with Crippen molar-refractivity contribution in [1.29, 1.82) is 0 Å². The molecule has 0 unspecified atom stereocenters. The quantitative estimate of drug-likeness (QED) is 0.0986. The molecule has 6 aromatic rings. The van der Waals surface area contributed by atoms with E-state index in [0.29, 0.717) is 47.9 Å². The van der Waals surface area contributed by atoms with Crippen LogP contribution in [0, 0.1) is 0 Å². The van der Waals surface area contributed by atoms with Crippen LogP contribution < -0.4 is 0 Å². The molecule has 48 heavy (non-hydrogen) atoms. The van der Waals surface area contributed by atoms with Crippen molar-refractivity contribution in [2.75, 3.05) is 0 Å². The van der Waals surface area contributed by atoms with Crippen LogP contribution in [0.25, 0.3) is 0 Å². The zero-order valence-corrected chi connectivity index (χ0v) is 27.2. The van der Waals surface area contributed by atoms with E-state index in [0.717, 1.165) is 22.3 Å². The molecule has 0 bridgehead atoms. The van der Waals surface area contributed by atoms with E-state index in [1.54, 1.807) is 0 Å². The Balaban J connectivity index is 0.000000206. The van der Waals surface area contributed by atoms with Crippen LogP contribution in [0.1, 0.15) is 58.4 Å². The first kappa shape index (κ1) is 35.0. The molecule has 0 saturated carbocycles. The van der Waals surface area contributed by atoms with Crippen molar-refractivity contribution in [2.24, 2.45) is 0 Å². The Bertz CT molecular complexity index is 1600. The summed E-state index contributed by atoms with van der Waals surface area (Å²) in [6.45, 7) is 4.00. The minimum atomic E-state index is -0.0966. The fraction of sp³-hybridized carbons (Fsp3) is 0.143. The van der Waals surface area contributed by atoms with E-state index in [4.69, 9.17) is 0 Å². The van der Waals surface area contributed by atoms with E-state index < -0.39 is 0 Å². The van der Waals surface area contributed by atoms with Crippen LogP contribution in [0.5, 0.6) is 34.5 Å². The van der Waals surface area contributed by atoms with Crippen molar-refractivity contribution >= 4 is 0 Å². The van der Waals surface area contributed by atoms with Gasteiger partial charge in [0.15, 0.2) is 0 Å². The average Bonchev–Trinajstić information content (AvgIpc) is 3.12. The van der Waals surface area contributed by atoms with Crippen molar-refractivity contribution in [2.45, 2.75) is 39.5 Å². The van der Waals surface area contributed by atoms with Crippen molar-refractivity contribution in [3.63, 3.8) is 0 Å². The number of hydrogen-bond donors (Lipinski definition) is 6. The van der Waals surface area contributed by atoms with Crippen LogP contribution in [0.3, 0.4) is 0 Å². The topological polar surface area (TPSA) is 121 Å². The predicted molar refractivity (Wildman–Crippen MR) is 191 cm³/mol. The van der Waals surface area contributed by atoms with E-state index in [9.17, 15) is 30.6 Å². The fourth-order valence-electron chi connectivity index (χ4n) is 5.35. The number of benzene rings is 6. The SMILES string of the molecule is CC.Oc1cc(O)c(Cc2ccccc2)c(O)c1Cc1ccccc1.Oc1cc(O)c(Cc2ccccc2)c(O)c1Cc1ccccc1. The van der Waals surface area contributed by atoms with Crippen LogP contribution in [0.2, 0.25) is 0 Å². The molecule has 6 N–H and O–H groups in total. The third-order valence-corrected chi connectivity index (χ3v) is 7.82. The van der Waals surface area contributed by atoms with E-state index in [2.05, 4.69) is 0 Å². The lowest BCUT2D eigenvalue weighted by atomic mass is 9.96. The Labute approximate surface area is 282 Å². The second-order valence-electron chi connectivity index (χ2n) is 11.1. The van der Waals surface area contributed by atoms with Crippen LogP contribution in [0.15, 0.2) is 133 Å². The molecule has 0 aliphatic heterocycles. The fourth-order valence-corrected chi connectivity index (χ4v) is 5.35. The highest BCUT2D eigenvalue weighted by Crippen LogP contribution is 2.41. The Morgan fingerprint density at radius 1 is 0.312 bits per heavy atom. The average molecular weight is 643 g/mol. The minimum Gasteiger partial charge on any atom is -0.507 e. The monoisotopic (exact) mass is 642 g/mol. The minimum absolute atomic E-state index is 0.0461. The summed E-state index contributed by atoms with van der Waals surface area (Å²) in [4.78, 5) is 0. The Morgan fingerprint density at radius 2 is 0.500 bits per heavy atom. The zero-order valence-electron chi connectivity index (χ0n) is 27.2. The molecule has 0 aromatic heterocycles. The van der Waals surface area contributed by atoms with Crippen molar-refractivity contribution in [1.82, 2.24) is 0 Å². The first-order valence-electron chi connectivity index (χ1n) is 16.0. The van der Waals surface area contributed by atoms with Gasteiger partial charge in [-0.1, -0.05) is 135 Å². The lowest BCUT2D eigenvalue weighted by Gasteiger charge is -2.14. The van der Waals surface area contributed by atoms with Crippen molar-refractivity contribution < 1.29 is 30.6 Å². The molecule has 0 aliphatic carbocycles. The molecule has 0 spiro atoms. The Hall–Kier alpha value is -5.88. The van der Waals surface area contributed by atoms with E-state index in [-0.39, 0.29) is 34.5 Å². The summed E-state index contributed by atoms with van der Waals surface area (Å²) in [5.74, 6) is -0.479. The maximum atomic E-state index is 10.6. The van der Waals surface area contributed by atoms with Crippen LogP contribution >= 0.6 is 0 Å². The van der Waals surface area contributed by atoms with Gasteiger partial charge in [-0.15, -0.1) is 0 Å². The summed E-state index contributed by atoms with van der Waals surface area (Å²) in [6.07, 6.45) is 1.61. The van der Waals surface area contributed by atoms with Gasteiger partial charge in [-0.2, -0.15) is 0 Å². The third-order valence-electron chi connectivity index (χ3n) is 7.82. The molecule has 0 saturated heterocycles. The van der Waals surface area contributed by atoms with E-state index in [1.807, 2.05) is 135 Å². The molecule has 6 aromatic carbocycles. The first-order chi connectivity index (χ1) is 23.3. The van der Waals surface area contributed by atoms with Gasteiger partial charge < -0.3 is 30.6 Å². The lowest BCUT2D eigenvalue weighted by Crippen LogP contribution is -1.96. The van der Waals surface area contributed by atoms with Gasteiger partial charge >= 0.3 is 0 Å². The largest absolute Gasteiger partial charge is 0.507 e. The summed E-state index contributed by atoms with van der Waals surface area (Å²) in [6, 6.07) is 41.0. The summed E-state index contributed by atoms with van der Waals surface area (Å²) in [7, 11) is 0. The molecule has 6 nitrogen and oxygen atoms in total. The summed E-state index contributed by atoms with van der Waals surface area (Å²) < 4.78 is 0. The van der Waals surface area contributed by atoms with Crippen LogP contribution in [-0.4, -0.2) is 30.6 Å². The van der Waals surface area contributed by atoms with Gasteiger partial charge in [-0.3, -0.25) is 0 Å². The van der Waals surface area contributed by atoms with Crippen molar-refractivity contribution in [3.8, 4) is 34.5 Å². The smallest absolute Gasteiger partial charge is 0.130 e. The zero-order chi connectivity index (χ0) is 34.5. The summed E-state index contributed by atoms with van der Waals surface area (Å²) in [5.41, 5.74) is 5.65. The second-order valence-corrected chi connectivity index (χ2v) is 11.1. The van der Waals surface area contributed by atoms with E-state index in [1.165, 1.54) is 12.1 Å². The van der Waals surface area contributed by atoms with Crippen LogP contribution in [-0.2, 0) is 25.7 Å². The molecular formula is C42H42O6. The molecule has 246 valence electrons. The molecule has 0 fully saturated rings. The number of hydrogen-bond acceptors (Lipinski definition) is 6. The maximum absolute atomic E-state index is 10.6. The van der Waals surface area contributed by atoms with E-state index >= 15 is 0 Å². The highest BCUT2D eigenvalue weighted by Gasteiger charge is 2.19. The van der Waals surface area contributed by atoms with Gasteiger partial charge in [0.05, 0.1) is 0 Å². The molecular weight excluding hydrogens is 600 g/mol. The normalized spacial score (nSPS) is 10.3. The maximum Gasteiger partial charge on any atom is 0.130 e. The summed E-state index contributed by atoms with van der Waals surface area (Å²) in [5, 5.41) is 61.5. The van der Waals surface area contributed by atoms with Gasteiger partial charge in [0, 0.05) is 60.1 Å². The summed E-state index contributed by atoms with van der Waals surface area (Å²) >= 11 is 0. The Kier molecular flexibility index (Phi) is 12.5. The predicted octanol–water partition coefficient (Wildman–Crippen LogP) is 9.00. The molecule has 0 heterocycles. The highest BCUT2D eigenvalue weighted by atomic mass is 16.3. The van der Waals surface area contributed by atoms with Gasteiger partial charge in [0.2, 0.25) is 0 Å². The second kappa shape index (κ2) is 17.2. The first-order valence-corrected chi connectivity index (χ1v) is 16.0. The molecule has 6 heteroatoms. The molecule has 6 rings (SSSR count). The van der Waals surface area contributed by atoms with Gasteiger partial charge in [-0.25, -0.2) is 0 Å². The lowest BCUT2D eigenvalue weighted by molar-refractivity contribution is 0.412. The Morgan fingerprint density at radius 3 is 0.688 bits per heavy atom.